The molecule has 0 amide bonds. The van der Waals surface area contributed by atoms with E-state index in [4.69, 9.17) is 0 Å². The zero-order valence-corrected chi connectivity index (χ0v) is 11.7. The SMILES string of the molecule is CC1CC=C(C(=O)Cc2ccc(OC(F)(F)F)cc2)CC1. The van der Waals surface area contributed by atoms with E-state index in [2.05, 4.69) is 11.7 Å². The third kappa shape index (κ3) is 4.92. The number of carbonyl (C=O) groups excluding carboxylic acids is 1. The molecule has 1 unspecified atom stereocenters. The average molecular weight is 298 g/mol. The molecule has 1 aromatic rings. The van der Waals surface area contributed by atoms with Gasteiger partial charge in [-0.15, -0.1) is 13.2 Å². The first-order valence-electron chi connectivity index (χ1n) is 6.90. The van der Waals surface area contributed by atoms with Crippen LogP contribution in [0.15, 0.2) is 35.9 Å². The lowest BCUT2D eigenvalue weighted by atomic mass is 9.88. The average Bonchev–Trinajstić information content (AvgIpc) is 2.40. The predicted molar refractivity (Wildman–Crippen MR) is 72.9 cm³/mol. The highest BCUT2D eigenvalue weighted by Crippen LogP contribution is 2.25. The normalized spacial score (nSPS) is 19.0. The second kappa shape index (κ2) is 6.33. The van der Waals surface area contributed by atoms with Crippen molar-refractivity contribution in [2.24, 2.45) is 5.92 Å². The summed E-state index contributed by atoms with van der Waals surface area (Å²) in [6, 6.07) is 5.44. The van der Waals surface area contributed by atoms with Crippen molar-refractivity contribution in [2.75, 3.05) is 0 Å². The second-order valence-corrected chi connectivity index (χ2v) is 5.40. The highest BCUT2D eigenvalue weighted by atomic mass is 19.4. The van der Waals surface area contributed by atoms with E-state index in [1.165, 1.54) is 24.3 Å². The molecule has 0 fully saturated rings. The van der Waals surface area contributed by atoms with E-state index in [0.717, 1.165) is 24.8 Å². The zero-order chi connectivity index (χ0) is 15.5. The van der Waals surface area contributed by atoms with Gasteiger partial charge in [-0.25, -0.2) is 0 Å². The van der Waals surface area contributed by atoms with Crippen LogP contribution in [-0.2, 0) is 11.2 Å². The number of ketones is 1. The van der Waals surface area contributed by atoms with Gasteiger partial charge in [0.1, 0.15) is 5.75 Å². The molecule has 0 radical (unpaired) electrons. The van der Waals surface area contributed by atoms with Crippen molar-refractivity contribution in [1.29, 1.82) is 0 Å². The second-order valence-electron chi connectivity index (χ2n) is 5.40. The molecule has 1 aliphatic rings. The van der Waals surface area contributed by atoms with Gasteiger partial charge >= 0.3 is 6.36 Å². The van der Waals surface area contributed by atoms with Crippen LogP contribution in [0, 0.1) is 5.92 Å². The van der Waals surface area contributed by atoms with Gasteiger partial charge in [0.15, 0.2) is 5.78 Å². The highest BCUT2D eigenvalue weighted by molar-refractivity contribution is 5.96. The fourth-order valence-corrected chi connectivity index (χ4v) is 2.33. The van der Waals surface area contributed by atoms with E-state index in [1.54, 1.807) is 0 Å². The number of halogens is 3. The van der Waals surface area contributed by atoms with Crippen molar-refractivity contribution in [3.05, 3.63) is 41.5 Å². The van der Waals surface area contributed by atoms with Crippen LogP contribution in [0.1, 0.15) is 31.7 Å². The van der Waals surface area contributed by atoms with E-state index in [1.807, 2.05) is 6.08 Å². The number of Topliss-reactive ketones (excluding diaryl/α,β-unsaturated/α-hetero) is 1. The molecule has 1 aromatic carbocycles. The Hall–Kier alpha value is -1.78. The van der Waals surface area contributed by atoms with Crippen LogP contribution in [0.5, 0.6) is 5.75 Å². The molecule has 0 saturated heterocycles. The van der Waals surface area contributed by atoms with Crippen molar-refractivity contribution >= 4 is 5.78 Å². The van der Waals surface area contributed by atoms with Gasteiger partial charge in [-0.2, -0.15) is 0 Å². The molecule has 114 valence electrons. The fourth-order valence-electron chi connectivity index (χ4n) is 2.33. The summed E-state index contributed by atoms with van der Waals surface area (Å²) in [4.78, 5) is 12.1. The number of allylic oxidation sites excluding steroid dienone is 2. The molecule has 0 heterocycles. The monoisotopic (exact) mass is 298 g/mol. The van der Waals surface area contributed by atoms with Gasteiger partial charge < -0.3 is 4.74 Å². The van der Waals surface area contributed by atoms with E-state index in [-0.39, 0.29) is 18.0 Å². The van der Waals surface area contributed by atoms with E-state index < -0.39 is 6.36 Å². The Kier molecular flexibility index (Phi) is 4.70. The molecule has 0 N–H and O–H groups in total. The number of hydrogen-bond donors (Lipinski definition) is 0. The van der Waals surface area contributed by atoms with Crippen LogP contribution < -0.4 is 4.74 Å². The maximum atomic E-state index is 12.1. The summed E-state index contributed by atoms with van der Waals surface area (Å²) < 4.78 is 39.9. The maximum absolute atomic E-state index is 12.1. The summed E-state index contributed by atoms with van der Waals surface area (Å²) in [6.45, 7) is 2.15. The van der Waals surface area contributed by atoms with Crippen molar-refractivity contribution in [1.82, 2.24) is 0 Å². The van der Waals surface area contributed by atoms with Crippen molar-refractivity contribution in [3.8, 4) is 5.75 Å². The first-order valence-corrected chi connectivity index (χ1v) is 6.90. The summed E-state index contributed by atoms with van der Waals surface area (Å²) in [7, 11) is 0. The van der Waals surface area contributed by atoms with Gasteiger partial charge in [0.25, 0.3) is 0 Å². The number of hydrogen-bond acceptors (Lipinski definition) is 2. The number of ether oxygens (including phenoxy) is 1. The van der Waals surface area contributed by atoms with Crippen molar-refractivity contribution in [2.45, 2.75) is 39.0 Å². The molecule has 2 nitrogen and oxygen atoms in total. The molecule has 1 aliphatic carbocycles. The molecule has 5 heteroatoms. The predicted octanol–water partition coefficient (Wildman–Crippen LogP) is 4.44. The van der Waals surface area contributed by atoms with Crippen LogP contribution in [0.3, 0.4) is 0 Å². The third-order valence-corrected chi connectivity index (χ3v) is 3.55. The molecule has 0 bridgehead atoms. The molecule has 2 rings (SSSR count). The lowest BCUT2D eigenvalue weighted by Crippen LogP contribution is -2.17. The topological polar surface area (TPSA) is 26.3 Å². The molecule has 0 aromatic heterocycles. The summed E-state index contributed by atoms with van der Waals surface area (Å²) in [5.41, 5.74) is 1.53. The zero-order valence-electron chi connectivity index (χ0n) is 11.7. The molecule has 21 heavy (non-hydrogen) atoms. The fraction of sp³-hybridized carbons (Fsp3) is 0.438. The Bertz CT molecular complexity index is 529. The Balaban J connectivity index is 1.96. The molecule has 1 atom stereocenters. The first kappa shape index (κ1) is 15.6. The quantitative estimate of drug-likeness (QED) is 0.821. The molecular weight excluding hydrogens is 281 g/mol. The minimum Gasteiger partial charge on any atom is -0.406 e. The Morgan fingerprint density at radius 1 is 1.29 bits per heavy atom. The van der Waals surface area contributed by atoms with Gasteiger partial charge in [-0.1, -0.05) is 25.1 Å². The summed E-state index contributed by atoms with van der Waals surface area (Å²) in [6.07, 6.45) is 0.218. The molecule has 0 aliphatic heterocycles. The van der Waals surface area contributed by atoms with Crippen LogP contribution >= 0.6 is 0 Å². The number of carbonyl (C=O) groups is 1. The lowest BCUT2D eigenvalue weighted by molar-refractivity contribution is -0.274. The van der Waals surface area contributed by atoms with E-state index >= 15 is 0 Å². The largest absolute Gasteiger partial charge is 0.573 e. The maximum Gasteiger partial charge on any atom is 0.573 e. The van der Waals surface area contributed by atoms with Crippen LogP contribution in [-0.4, -0.2) is 12.1 Å². The summed E-state index contributed by atoms with van der Waals surface area (Å²) in [5.74, 6) is 0.385. The summed E-state index contributed by atoms with van der Waals surface area (Å²) in [5, 5.41) is 0. The van der Waals surface area contributed by atoms with Crippen LogP contribution in [0.25, 0.3) is 0 Å². The number of benzene rings is 1. The van der Waals surface area contributed by atoms with Gasteiger partial charge in [-0.05, 0) is 48.4 Å². The minimum atomic E-state index is -4.69. The van der Waals surface area contributed by atoms with Gasteiger partial charge in [0, 0.05) is 6.42 Å². The van der Waals surface area contributed by atoms with Crippen molar-refractivity contribution in [3.63, 3.8) is 0 Å². The standard InChI is InChI=1S/C16H17F3O2/c1-11-2-6-13(7-3-11)15(20)10-12-4-8-14(9-5-12)21-16(17,18)19/h4-6,8-9,11H,2-3,7,10H2,1H3. The molecule has 0 spiro atoms. The number of rotatable bonds is 4. The lowest BCUT2D eigenvalue weighted by Gasteiger charge is -2.17. The minimum absolute atomic E-state index is 0.0476. The Morgan fingerprint density at radius 3 is 2.48 bits per heavy atom. The van der Waals surface area contributed by atoms with Gasteiger partial charge in [-0.3, -0.25) is 4.79 Å². The van der Waals surface area contributed by atoms with Crippen LogP contribution in [0.2, 0.25) is 0 Å². The summed E-state index contributed by atoms with van der Waals surface area (Å²) >= 11 is 0. The Labute approximate surface area is 121 Å². The first-order chi connectivity index (χ1) is 9.83. The van der Waals surface area contributed by atoms with Crippen LogP contribution in [0.4, 0.5) is 13.2 Å². The van der Waals surface area contributed by atoms with Gasteiger partial charge in [0.2, 0.25) is 0 Å². The molecule has 0 saturated carbocycles. The third-order valence-electron chi connectivity index (χ3n) is 3.55. The van der Waals surface area contributed by atoms with Crippen molar-refractivity contribution < 1.29 is 22.7 Å². The smallest absolute Gasteiger partial charge is 0.406 e. The molecular formula is C16H17F3O2. The van der Waals surface area contributed by atoms with E-state index in [0.29, 0.717) is 11.5 Å². The highest BCUT2D eigenvalue weighted by Gasteiger charge is 2.31. The number of alkyl halides is 3. The Morgan fingerprint density at radius 2 is 1.95 bits per heavy atom. The van der Waals surface area contributed by atoms with Gasteiger partial charge in [0.05, 0.1) is 0 Å². The van der Waals surface area contributed by atoms with E-state index in [9.17, 15) is 18.0 Å².